The van der Waals surface area contributed by atoms with Gasteiger partial charge < -0.3 is 0 Å². The van der Waals surface area contributed by atoms with Crippen LogP contribution in [0, 0.1) is 6.92 Å². The van der Waals surface area contributed by atoms with E-state index in [1.54, 1.807) is 13.1 Å². The number of hydrogen-bond donors (Lipinski definition) is 0. The number of nitrogens with zero attached hydrogens (tertiary/aromatic N) is 4. The van der Waals surface area contributed by atoms with E-state index in [1.807, 2.05) is 33.8 Å². The highest BCUT2D eigenvalue weighted by atomic mass is 16.2. The molecule has 0 bridgehead atoms. The van der Waals surface area contributed by atoms with Crippen LogP contribution >= 0.6 is 0 Å². The van der Waals surface area contributed by atoms with Crippen molar-refractivity contribution >= 4 is 17.4 Å². The van der Waals surface area contributed by atoms with Crippen LogP contribution in [0.5, 0.6) is 0 Å². The van der Waals surface area contributed by atoms with Crippen molar-refractivity contribution in [2.45, 2.75) is 52.0 Å². The fraction of sp³-hybridized carbons (Fsp3) is 0.381. The number of aryl methyl sites for hydroxylation is 1. The first-order valence-electron chi connectivity index (χ1n) is 9.34. The van der Waals surface area contributed by atoms with Crippen molar-refractivity contribution in [3.8, 4) is 11.3 Å². The van der Waals surface area contributed by atoms with Crippen LogP contribution in [-0.4, -0.2) is 26.3 Å². The molecule has 0 N–H and O–H groups in total. The maximum Gasteiger partial charge on any atom is 0.225 e. The summed E-state index contributed by atoms with van der Waals surface area (Å²) >= 11 is 0. The summed E-state index contributed by atoms with van der Waals surface area (Å²) in [7, 11) is 0. The van der Waals surface area contributed by atoms with E-state index >= 15 is 0 Å². The number of hydrogen-bond acceptors (Lipinski definition) is 3. The molecule has 0 aliphatic heterocycles. The van der Waals surface area contributed by atoms with E-state index in [0.29, 0.717) is 0 Å². The van der Waals surface area contributed by atoms with Crippen molar-refractivity contribution in [1.82, 2.24) is 14.4 Å². The zero-order chi connectivity index (χ0) is 18.1. The number of imidazole rings is 1. The van der Waals surface area contributed by atoms with Crippen LogP contribution in [0.2, 0.25) is 0 Å². The van der Waals surface area contributed by atoms with Crippen molar-refractivity contribution in [1.29, 1.82) is 0 Å². The van der Waals surface area contributed by atoms with E-state index in [-0.39, 0.29) is 11.9 Å². The molecule has 3 aromatic rings. The molecule has 26 heavy (non-hydrogen) atoms. The molecule has 1 aliphatic carbocycles. The quantitative estimate of drug-likeness (QED) is 0.705. The third-order valence-corrected chi connectivity index (χ3v) is 5.20. The van der Waals surface area contributed by atoms with E-state index in [9.17, 15) is 4.79 Å². The van der Waals surface area contributed by atoms with E-state index in [1.165, 1.54) is 19.3 Å². The summed E-state index contributed by atoms with van der Waals surface area (Å²) < 4.78 is 2.05. The second-order valence-electron chi connectivity index (χ2n) is 7.14. The third-order valence-electron chi connectivity index (χ3n) is 5.20. The molecular formula is C21H24N4O. The fourth-order valence-corrected chi connectivity index (χ4v) is 3.98. The van der Waals surface area contributed by atoms with Gasteiger partial charge in [-0.1, -0.05) is 19.3 Å². The average molecular weight is 348 g/mol. The zero-order valence-corrected chi connectivity index (χ0v) is 15.4. The van der Waals surface area contributed by atoms with Gasteiger partial charge in [0.15, 0.2) is 0 Å². The maximum absolute atomic E-state index is 12.7. The number of aromatic nitrogens is 3. The van der Waals surface area contributed by atoms with Crippen molar-refractivity contribution in [2.24, 2.45) is 0 Å². The Labute approximate surface area is 153 Å². The number of anilines is 1. The molecule has 5 nitrogen and oxygen atoms in total. The summed E-state index contributed by atoms with van der Waals surface area (Å²) in [6.45, 7) is 3.72. The van der Waals surface area contributed by atoms with Crippen LogP contribution in [0.25, 0.3) is 16.9 Å². The van der Waals surface area contributed by atoms with E-state index in [2.05, 4.69) is 24.0 Å². The molecule has 134 valence electrons. The molecule has 0 radical (unpaired) electrons. The molecule has 1 fully saturated rings. The molecule has 1 aliphatic rings. The summed E-state index contributed by atoms with van der Waals surface area (Å²) in [4.78, 5) is 23.8. The lowest BCUT2D eigenvalue weighted by molar-refractivity contribution is -0.117. The van der Waals surface area contributed by atoms with Gasteiger partial charge in [0, 0.05) is 37.1 Å². The fourth-order valence-electron chi connectivity index (χ4n) is 3.98. The minimum absolute atomic E-state index is 0.0735. The Bertz CT molecular complexity index is 926. The third kappa shape index (κ3) is 2.98. The van der Waals surface area contributed by atoms with E-state index in [4.69, 9.17) is 4.98 Å². The Morgan fingerprint density at radius 2 is 2.04 bits per heavy atom. The van der Waals surface area contributed by atoms with Crippen molar-refractivity contribution in [3.05, 3.63) is 48.4 Å². The molecule has 3 aromatic heterocycles. The summed E-state index contributed by atoms with van der Waals surface area (Å²) in [5.41, 5.74) is 3.77. The first-order chi connectivity index (χ1) is 12.6. The van der Waals surface area contributed by atoms with Crippen LogP contribution in [0.4, 0.5) is 5.82 Å². The van der Waals surface area contributed by atoms with Gasteiger partial charge in [0.25, 0.3) is 0 Å². The van der Waals surface area contributed by atoms with Gasteiger partial charge in [0.2, 0.25) is 5.91 Å². The Morgan fingerprint density at radius 3 is 2.73 bits per heavy atom. The van der Waals surface area contributed by atoms with E-state index in [0.717, 1.165) is 41.1 Å². The van der Waals surface area contributed by atoms with Crippen LogP contribution in [0.3, 0.4) is 0 Å². The SMILES string of the molecule is CC(=O)N(c1c(-c2cccnc2)nc2cc(C)ccn12)C1CCCCC1. The van der Waals surface area contributed by atoms with Crippen molar-refractivity contribution < 1.29 is 4.79 Å². The molecule has 4 rings (SSSR count). The lowest BCUT2D eigenvalue weighted by atomic mass is 9.94. The summed E-state index contributed by atoms with van der Waals surface area (Å²) in [6.07, 6.45) is 11.3. The second kappa shape index (κ2) is 6.90. The number of amides is 1. The lowest BCUT2D eigenvalue weighted by Crippen LogP contribution is -2.41. The monoisotopic (exact) mass is 348 g/mol. The highest BCUT2D eigenvalue weighted by molar-refractivity contribution is 5.96. The Morgan fingerprint density at radius 1 is 1.23 bits per heavy atom. The molecule has 1 amide bonds. The summed E-state index contributed by atoms with van der Waals surface area (Å²) in [5, 5.41) is 0. The Balaban J connectivity index is 1.94. The van der Waals surface area contributed by atoms with Gasteiger partial charge in [-0.25, -0.2) is 4.98 Å². The molecule has 0 unspecified atom stereocenters. The number of rotatable bonds is 3. The predicted molar refractivity (Wildman–Crippen MR) is 103 cm³/mol. The van der Waals surface area contributed by atoms with Gasteiger partial charge in [0.05, 0.1) is 0 Å². The van der Waals surface area contributed by atoms with Crippen LogP contribution < -0.4 is 4.90 Å². The van der Waals surface area contributed by atoms with Crippen molar-refractivity contribution in [2.75, 3.05) is 4.90 Å². The van der Waals surface area contributed by atoms with Crippen LogP contribution in [0.1, 0.15) is 44.6 Å². The first kappa shape index (κ1) is 16.8. The number of fused-ring (bicyclic) bond motifs is 1. The minimum atomic E-state index is 0.0735. The van der Waals surface area contributed by atoms with Crippen LogP contribution in [0.15, 0.2) is 42.9 Å². The van der Waals surface area contributed by atoms with Gasteiger partial charge >= 0.3 is 0 Å². The number of pyridine rings is 2. The predicted octanol–water partition coefficient (Wildman–Crippen LogP) is 4.39. The molecule has 3 heterocycles. The molecule has 1 saturated carbocycles. The summed E-state index contributed by atoms with van der Waals surface area (Å²) in [6, 6.07) is 8.27. The van der Waals surface area contributed by atoms with Crippen LogP contribution in [-0.2, 0) is 4.79 Å². The highest BCUT2D eigenvalue weighted by Gasteiger charge is 2.30. The Kier molecular flexibility index (Phi) is 4.45. The second-order valence-corrected chi connectivity index (χ2v) is 7.14. The molecule has 0 aromatic carbocycles. The smallest absolute Gasteiger partial charge is 0.225 e. The number of carbonyl (C=O) groups is 1. The molecule has 0 saturated heterocycles. The first-order valence-corrected chi connectivity index (χ1v) is 9.34. The molecule has 5 heteroatoms. The average Bonchev–Trinajstić information content (AvgIpc) is 3.01. The van der Waals surface area contributed by atoms with Gasteiger partial charge in [-0.2, -0.15) is 0 Å². The molecular weight excluding hydrogens is 324 g/mol. The van der Waals surface area contributed by atoms with E-state index < -0.39 is 0 Å². The van der Waals surface area contributed by atoms with Gasteiger partial charge in [-0.15, -0.1) is 0 Å². The summed E-state index contributed by atoms with van der Waals surface area (Å²) in [5.74, 6) is 0.941. The zero-order valence-electron chi connectivity index (χ0n) is 15.4. The number of carbonyl (C=O) groups excluding carboxylic acids is 1. The Hall–Kier alpha value is -2.69. The minimum Gasteiger partial charge on any atom is -0.293 e. The normalized spacial score (nSPS) is 15.3. The highest BCUT2D eigenvalue weighted by Crippen LogP contribution is 2.35. The topological polar surface area (TPSA) is 50.5 Å². The van der Waals surface area contributed by atoms with Gasteiger partial charge in [-0.3, -0.25) is 19.1 Å². The maximum atomic E-state index is 12.7. The lowest BCUT2D eigenvalue weighted by Gasteiger charge is -2.33. The standard InChI is InChI=1S/C21H24N4O/c1-15-10-12-24-19(13-15)23-20(17-7-6-11-22-14-17)21(24)25(16(2)26)18-8-4-3-5-9-18/h6-7,10-14,18H,3-5,8-9H2,1-2H3. The van der Waals surface area contributed by atoms with Gasteiger partial charge in [0.1, 0.15) is 17.2 Å². The molecule has 0 atom stereocenters. The van der Waals surface area contributed by atoms with Gasteiger partial charge in [-0.05, 0) is 49.6 Å². The largest absolute Gasteiger partial charge is 0.293 e. The van der Waals surface area contributed by atoms with Crippen molar-refractivity contribution in [3.63, 3.8) is 0 Å². The molecule has 0 spiro atoms.